The van der Waals surface area contributed by atoms with Crippen LogP contribution < -0.4 is 0 Å². The number of hydrogen-bond acceptors (Lipinski definition) is 1. The van der Waals surface area contributed by atoms with Crippen molar-refractivity contribution in [3.05, 3.63) is 0 Å². The van der Waals surface area contributed by atoms with Crippen molar-refractivity contribution < 1.29 is 9.28 Å². The number of hydrogen-bond donors (Lipinski definition) is 0. The van der Waals surface area contributed by atoms with Crippen LogP contribution in [-0.2, 0) is 4.79 Å². The first kappa shape index (κ1) is 12.3. The second-order valence-corrected chi connectivity index (χ2v) is 4.06. The van der Waals surface area contributed by atoms with Gasteiger partial charge in [0.05, 0.1) is 28.2 Å². The van der Waals surface area contributed by atoms with Crippen LogP contribution in [0.3, 0.4) is 0 Å². The van der Waals surface area contributed by atoms with Gasteiger partial charge in [-0.05, 0) is 0 Å². The Labute approximate surface area is 64.4 Å². The zero-order chi connectivity index (χ0) is 8.78. The molecule has 2 heteroatoms. The first-order chi connectivity index (χ1) is 4.27. The number of nitrogens with zero attached hydrogens (tertiary/aromatic N) is 1. The summed E-state index contributed by atoms with van der Waals surface area (Å²) in [7, 11) is 8.50. The Morgan fingerprint density at radius 3 is 1.20 bits per heavy atom. The Kier molecular flexibility index (Phi) is 6.67. The molecule has 0 saturated heterocycles. The topological polar surface area (TPSA) is 17.1 Å². The third-order valence-corrected chi connectivity index (χ3v) is 0.272. The molecule has 0 spiro atoms. The highest BCUT2D eigenvalue weighted by atomic mass is 16.1. The lowest BCUT2D eigenvalue weighted by atomic mass is 10.3. The first-order valence-electron chi connectivity index (χ1n) is 3.51. The second-order valence-electron chi connectivity index (χ2n) is 4.06. The molecule has 0 saturated carbocycles. The fourth-order valence-corrected chi connectivity index (χ4v) is 0. The maximum Gasteiger partial charge on any atom is 0.122 e. The van der Waals surface area contributed by atoms with Crippen molar-refractivity contribution in [2.75, 3.05) is 28.2 Å². The fourth-order valence-electron chi connectivity index (χ4n) is 0. The number of carbonyl (C=O) groups is 1. The average Bonchev–Trinajstić information content (AvgIpc) is 1.61. The highest BCUT2D eigenvalue weighted by Crippen LogP contribution is 1.78. The van der Waals surface area contributed by atoms with E-state index in [0.29, 0.717) is 0 Å². The molecule has 0 rings (SSSR count). The van der Waals surface area contributed by atoms with Crippen molar-refractivity contribution >= 4 is 6.29 Å². The summed E-state index contributed by atoms with van der Waals surface area (Å²) >= 11 is 0. The summed E-state index contributed by atoms with van der Waals surface area (Å²) in [5.41, 5.74) is 0. The minimum absolute atomic E-state index is 0.204. The van der Waals surface area contributed by atoms with Gasteiger partial charge in [-0.1, -0.05) is 13.8 Å². The Balaban J connectivity index is 0. The molecule has 0 aliphatic rings. The van der Waals surface area contributed by atoms with Crippen LogP contribution in [-0.4, -0.2) is 39.0 Å². The minimum atomic E-state index is 0.204. The van der Waals surface area contributed by atoms with Gasteiger partial charge in [-0.3, -0.25) is 0 Å². The van der Waals surface area contributed by atoms with Gasteiger partial charge in [0.25, 0.3) is 0 Å². The maximum absolute atomic E-state index is 9.50. The molecule has 0 unspecified atom stereocenters. The van der Waals surface area contributed by atoms with E-state index >= 15 is 0 Å². The number of rotatable bonds is 1. The molecule has 0 atom stereocenters. The molecule has 0 radical (unpaired) electrons. The summed E-state index contributed by atoms with van der Waals surface area (Å²) in [6.07, 6.45) is 0.917. The van der Waals surface area contributed by atoms with Gasteiger partial charge in [-0.25, -0.2) is 0 Å². The first-order valence-corrected chi connectivity index (χ1v) is 3.51. The Hall–Kier alpha value is -0.370. The highest BCUT2D eigenvalue weighted by Gasteiger charge is 1.88. The monoisotopic (exact) mass is 146 g/mol. The van der Waals surface area contributed by atoms with Gasteiger partial charge in [0.1, 0.15) is 6.29 Å². The maximum atomic E-state index is 9.50. The lowest BCUT2D eigenvalue weighted by molar-refractivity contribution is -0.849. The molecular formula is C8H20NO+. The molecule has 0 bridgehead atoms. The van der Waals surface area contributed by atoms with Crippen LogP contribution in [0.4, 0.5) is 0 Å². The van der Waals surface area contributed by atoms with E-state index < -0.39 is 0 Å². The van der Waals surface area contributed by atoms with Crippen LogP contribution in [0.25, 0.3) is 0 Å². The molecule has 0 aliphatic carbocycles. The van der Waals surface area contributed by atoms with Crippen molar-refractivity contribution in [1.29, 1.82) is 0 Å². The highest BCUT2D eigenvalue weighted by molar-refractivity contribution is 5.51. The molecule has 0 aliphatic heterocycles. The lowest BCUT2D eigenvalue weighted by Gasteiger charge is -2.14. The van der Waals surface area contributed by atoms with E-state index in [0.717, 1.165) is 10.8 Å². The average molecular weight is 146 g/mol. The molecule has 10 heavy (non-hydrogen) atoms. The molecule has 0 aromatic carbocycles. The molecule has 62 valence electrons. The summed E-state index contributed by atoms with van der Waals surface area (Å²) in [6, 6.07) is 0. The van der Waals surface area contributed by atoms with Crippen LogP contribution in [0, 0.1) is 5.92 Å². The van der Waals surface area contributed by atoms with Gasteiger partial charge in [0.15, 0.2) is 0 Å². The van der Waals surface area contributed by atoms with Crippen LogP contribution in [0.2, 0.25) is 0 Å². The normalized spacial score (nSPS) is 10.3. The van der Waals surface area contributed by atoms with E-state index in [9.17, 15) is 4.79 Å². The second kappa shape index (κ2) is 5.42. The number of aldehydes is 1. The van der Waals surface area contributed by atoms with Crippen molar-refractivity contribution in [1.82, 2.24) is 0 Å². The van der Waals surface area contributed by atoms with Crippen molar-refractivity contribution in [3.63, 3.8) is 0 Å². The predicted molar refractivity (Wildman–Crippen MR) is 44.9 cm³/mol. The van der Waals surface area contributed by atoms with Crippen molar-refractivity contribution in [2.24, 2.45) is 5.92 Å². The Morgan fingerprint density at radius 2 is 1.20 bits per heavy atom. The summed E-state index contributed by atoms with van der Waals surface area (Å²) in [5.74, 6) is 0.204. The fraction of sp³-hybridized carbons (Fsp3) is 0.875. The zero-order valence-electron chi connectivity index (χ0n) is 8.01. The van der Waals surface area contributed by atoms with Gasteiger partial charge in [0, 0.05) is 5.92 Å². The Bertz CT molecular complexity index is 75.7. The summed E-state index contributed by atoms with van der Waals surface area (Å²) in [5, 5.41) is 0. The van der Waals surface area contributed by atoms with E-state index in [4.69, 9.17) is 0 Å². The molecule has 0 amide bonds. The number of carbonyl (C=O) groups excluding carboxylic acids is 1. The van der Waals surface area contributed by atoms with Gasteiger partial charge in [0.2, 0.25) is 0 Å². The third-order valence-electron chi connectivity index (χ3n) is 0.272. The molecule has 0 N–H and O–H groups in total. The van der Waals surface area contributed by atoms with Gasteiger partial charge in [-0.2, -0.15) is 0 Å². The van der Waals surface area contributed by atoms with Gasteiger partial charge in [-0.15, -0.1) is 0 Å². The van der Waals surface area contributed by atoms with E-state index in [1.165, 1.54) is 0 Å². The number of quaternary nitrogens is 1. The van der Waals surface area contributed by atoms with Crippen LogP contribution in [0.5, 0.6) is 0 Å². The van der Waals surface area contributed by atoms with Crippen LogP contribution >= 0.6 is 0 Å². The van der Waals surface area contributed by atoms with E-state index in [1.54, 1.807) is 0 Å². The standard InChI is InChI=1S/C4H12N.C4H8O/c1-5(2,3)4;1-4(2)3-5/h1-4H3;3-4H,1-2H3/q+1;. The largest absolute Gasteiger partial charge is 0.333 e. The van der Waals surface area contributed by atoms with E-state index in [2.05, 4.69) is 28.2 Å². The Morgan fingerprint density at radius 1 is 1.10 bits per heavy atom. The van der Waals surface area contributed by atoms with Crippen molar-refractivity contribution in [3.8, 4) is 0 Å². The smallest absolute Gasteiger partial charge is 0.122 e. The van der Waals surface area contributed by atoms with E-state index in [-0.39, 0.29) is 5.92 Å². The predicted octanol–water partition coefficient (Wildman–Crippen LogP) is 1.16. The molecular weight excluding hydrogens is 126 g/mol. The molecule has 0 fully saturated rings. The molecule has 0 heterocycles. The van der Waals surface area contributed by atoms with Gasteiger partial charge < -0.3 is 9.28 Å². The van der Waals surface area contributed by atoms with Crippen molar-refractivity contribution in [2.45, 2.75) is 13.8 Å². The minimum Gasteiger partial charge on any atom is -0.333 e. The zero-order valence-corrected chi connectivity index (χ0v) is 8.01. The van der Waals surface area contributed by atoms with Crippen LogP contribution in [0.15, 0.2) is 0 Å². The lowest BCUT2D eigenvalue weighted by Crippen LogP contribution is -2.27. The summed E-state index contributed by atoms with van der Waals surface area (Å²) in [6.45, 7) is 3.71. The molecule has 0 aromatic heterocycles. The quantitative estimate of drug-likeness (QED) is 0.401. The van der Waals surface area contributed by atoms with E-state index in [1.807, 2.05) is 13.8 Å². The molecule has 0 aromatic rings. The summed E-state index contributed by atoms with van der Waals surface area (Å²) < 4.78 is 1.00. The molecule has 2 nitrogen and oxygen atoms in total. The van der Waals surface area contributed by atoms with Gasteiger partial charge >= 0.3 is 0 Å². The summed E-state index contributed by atoms with van der Waals surface area (Å²) in [4.78, 5) is 9.50. The SMILES string of the molecule is CC(C)C=O.C[N+](C)(C)C. The third kappa shape index (κ3) is 126. The van der Waals surface area contributed by atoms with Crippen LogP contribution in [0.1, 0.15) is 13.8 Å².